The minimum atomic E-state index is -0.869. The molecule has 2 N–H and O–H groups in total. The monoisotopic (exact) mass is 357 g/mol. The van der Waals surface area contributed by atoms with Gasteiger partial charge < -0.3 is 15.5 Å². The van der Waals surface area contributed by atoms with Gasteiger partial charge in [0, 0.05) is 25.6 Å². The van der Waals surface area contributed by atoms with Crippen LogP contribution >= 0.6 is 0 Å². The molecule has 9 heteroatoms. The van der Waals surface area contributed by atoms with Crippen molar-refractivity contribution in [2.75, 3.05) is 13.1 Å². The molecule has 3 heterocycles. The zero-order valence-electron chi connectivity index (χ0n) is 14.3. The van der Waals surface area contributed by atoms with Crippen LogP contribution in [0.25, 0.3) is 11.0 Å². The lowest BCUT2D eigenvalue weighted by molar-refractivity contribution is -0.129. The molecule has 1 unspecified atom stereocenters. The predicted octanol–water partition coefficient (Wildman–Crippen LogP) is 0.222. The number of carbonyl (C=O) groups is 3. The summed E-state index contributed by atoms with van der Waals surface area (Å²) in [6.45, 7) is 2.67. The van der Waals surface area contributed by atoms with Crippen LogP contribution in [0.15, 0.2) is 22.8 Å². The number of likely N-dealkylation sites (tertiary alicyclic amines) is 1. The number of hydrogen-bond acceptors (Lipinski definition) is 6. The standard InChI is InChI=1S/C17H19N5O4/c1-17(7-5-13(23)19-17)16(25)18-10-6-8-22(9-10)15(24)11-3-2-4-12-14(11)21-26-20-12/h2-4,10H,5-9H2,1H3,(H,18,25)(H,19,23)/t10?,17-/m0/s1. The number of benzene rings is 1. The topological polar surface area (TPSA) is 117 Å². The average Bonchev–Trinajstić information content (AvgIpc) is 3.34. The van der Waals surface area contributed by atoms with Crippen LogP contribution in [0.2, 0.25) is 0 Å². The van der Waals surface area contributed by atoms with Crippen molar-refractivity contribution < 1.29 is 19.0 Å². The number of amides is 3. The highest BCUT2D eigenvalue weighted by Gasteiger charge is 2.41. The summed E-state index contributed by atoms with van der Waals surface area (Å²) in [6.07, 6.45) is 1.50. The third-order valence-electron chi connectivity index (χ3n) is 5.10. The Bertz CT molecular complexity index is 894. The molecule has 0 radical (unpaired) electrons. The van der Waals surface area contributed by atoms with Crippen LogP contribution in [0.4, 0.5) is 0 Å². The molecule has 0 spiro atoms. The minimum Gasteiger partial charge on any atom is -0.349 e. The van der Waals surface area contributed by atoms with Gasteiger partial charge in [-0.3, -0.25) is 14.4 Å². The molecule has 0 aliphatic carbocycles. The zero-order chi connectivity index (χ0) is 18.3. The van der Waals surface area contributed by atoms with E-state index < -0.39 is 5.54 Å². The first-order chi connectivity index (χ1) is 12.5. The highest BCUT2D eigenvalue weighted by Crippen LogP contribution is 2.22. The number of nitrogens with one attached hydrogen (secondary N) is 2. The lowest BCUT2D eigenvalue weighted by Gasteiger charge is -2.25. The predicted molar refractivity (Wildman–Crippen MR) is 90.0 cm³/mol. The summed E-state index contributed by atoms with van der Waals surface area (Å²) in [7, 11) is 0. The fraction of sp³-hybridized carbons (Fsp3) is 0.471. The molecule has 136 valence electrons. The number of nitrogens with zero attached hydrogens (tertiary/aromatic N) is 3. The number of aromatic nitrogens is 2. The van der Waals surface area contributed by atoms with E-state index in [2.05, 4.69) is 20.9 Å². The van der Waals surface area contributed by atoms with E-state index in [1.54, 1.807) is 30.0 Å². The Kier molecular flexibility index (Phi) is 3.86. The van der Waals surface area contributed by atoms with Crippen LogP contribution in [-0.2, 0) is 9.59 Å². The highest BCUT2D eigenvalue weighted by molar-refractivity contribution is 6.04. The van der Waals surface area contributed by atoms with Gasteiger partial charge in [0.1, 0.15) is 16.6 Å². The summed E-state index contributed by atoms with van der Waals surface area (Å²) in [5, 5.41) is 13.2. The molecule has 2 aliphatic heterocycles. The van der Waals surface area contributed by atoms with E-state index in [1.807, 2.05) is 0 Å². The molecule has 9 nitrogen and oxygen atoms in total. The van der Waals surface area contributed by atoms with Gasteiger partial charge in [-0.2, -0.15) is 0 Å². The lowest BCUT2D eigenvalue weighted by atomic mass is 9.99. The van der Waals surface area contributed by atoms with Crippen molar-refractivity contribution in [1.29, 1.82) is 0 Å². The average molecular weight is 357 g/mol. The summed E-state index contributed by atoms with van der Waals surface area (Å²) in [5.74, 6) is -0.478. The largest absolute Gasteiger partial charge is 0.349 e. The third-order valence-corrected chi connectivity index (χ3v) is 5.10. The Morgan fingerprint density at radius 1 is 1.38 bits per heavy atom. The van der Waals surface area contributed by atoms with Crippen LogP contribution in [0.1, 0.15) is 36.5 Å². The van der Waals surface area contributed by atoms with Gasteiger partial charge in [-0.1, -0.05) is 6.07 Å². The number of fused-ring (bicyclic) bond motifs is 1. The van der Waals surface area contributed by atoms with Crippen molar-refractivity contribution in [2.24, 2.45) is 0 Å². The SMILES string of the molecule is C[C@@]1(C(=O)NC2CCN(C(=O)c3cccc4nonc34)C2)CCC(=O)N1. The van der Waals surface area contributed by atoms with Gasteiger partial charge in [-0.05, 0) is 42.2 Å². The molecule has 3 amide bonds. The van der Waals surface area contributed by atoms with Gasteiger partial charge in [0.15, 0.2) is 0 Å². The fourth-order valence-corrected chi connectivity index (χ4v) is 3.52. The van der Waals surface area contributed by atoms with Gasteiger partial charge in [-0.15, -0.1) is 0 Å². The number of hydrogen-bond donors (Lipinski definition) is 2. The molecule has 2 aliphatic rings. The molecule has 2 atom stereocenters. The normalized spacial score (nSPS) is 25.5. The summed E-state index contributed by atoms with van der Waals surface area (Å²) in [4.78, 5) is 38.4. The quantitative estimate of drug-likeness (QED) is 0.812. The van der Waals surface area contributed by atoms with Crippen molar-refractivity contribution in [3.8, 4) is 0 Å². The van der Waals surface area contributed by atoms with Crippen molar-refractivity contribution in [3.63, 3.8) is 0 Å². The molecule has 2 saturated heterocycles. The number of carbonyl (C=O) groups excluding carboxylic acids is 3. The van der Waals surface area contributed by atoms with E-state index in [9.17, 15) is 14.4 Å². The molecule has 2 aromatic rings. The van der Waals surface area contributed by atoms with Crippen LogP contribution in [0, 0.1) is 0 Å². The first-order valence-corrected chi connectivity index (χ1v) is 8.59. The fourth-order valence-electron chi connectivity index (χ4n) is 3.52. The molecule has 4 rings (SSSR count). The van der Waals surface area contributed by atoms with Gasteiger partial charge in [0.2, 0.25) is 11.8 Å². The molecular weight excluding hydrogens is 338 g/mol. The van der Waals surface area contributed by atoms with Crippen LogP contribution in [0.5, 0.6) is 0 Å². The maximum Gasteiger partial charge on any atom is 0.256 e. The minimum absolute atomic E-state index is 0.111. The van der Waals surface area contributed by atoms with Crippen LogP contribution < -0.4 is 10.6 Å². The second-order valence-electron chi connectivity index (χ2n) is 7.03. The van der Waals surface area contributed by atoms with Crippen molar-refractivity contribution in [2.45, 2.75) is 37.8 Å². The Morgan fingerprint density at radius 3 is 3.00 bits per heavy atom. The smallest absolute Gasteiger partial charge is 0.256 e. The second kappa shape index (κ2) is 6.08. The molecule has 1 aromatic carbocycles. The van der Waals surface area contributed by atoms with Gasteiger partial charge in [0.05, 0.1) is 5.56 Å². The van der Waals surface area contributed by atoms with E-state index >= 15 is 0 Å². The molecule has 2 fully saturated rings. The summed E-state index contributed by atoms with van der Waals surface area (Å²) in [6, 6.07) is 5.01. The summed E-state index contributed by atoms with van der Waals surface area (Å²) >= 11 is 0. The molecule has 0 bridgehead atoms. The summed E-state index contributed by atoms with van der Waals surface area (Å²) < 4.78 is 4.71. The first kappa shape index (κ1) is 16.5. The molecule has 1 aromatic heterocycles. The lowest BCUT2D eigenvalue weighted by Crippen LogP contribution is -2.55. The Balaban J connectivity index is 1.42. The van der Waals surface area contributed by atoms with E-state index in [1.165, 1.54) is 0 Å². The number of rotatable bonds is 3. The maximum atomic E-state index is 12.8. The van der Waals surface area contributed by atoms with Gasteiger partial charge in [0.25, 0.3) is 5.91 Å². The van der Waals surface area contributed by atoms with Crippen LogP contribution in [-0.4, -0.2) is 57.6 Å². The Labute approximate surface area is 149 Å². The summed E-state index contributed by atoms with van der Waals surface area (Å²) in [5.41, 5.74) is 0.536. The zero-order valence-corrected chi connectivity index (χ0v) is 14.3. The van der Waals surface area contributed by atoms with Crippen molar-refractivity contribution >= 4 is 28.8 Å². The molecular formula is C17H19N5O4. The molecule has 26 heavy (non-hydrogen) atoms. The Hall–Kier alpha value is -2.97. The second-order valence-corrected chi connectivity index (χ2v) is 7.03. The maximum absolute atomic E-state index is 12.8. The van der Waals surface area contributed by atoms with Crippen molar-refractivity contribution in [1.82, 2.24) is 25.8 Å². The van der Waals surface area contributed by atoms with Crippen LogP contribution in [0.3, 0.4) is 0 Å². The van der Waals surface area contributed by atoms with E-state index in [-0.39, 0.29) is 23.8 Å². The first-order valence-electron chi connectivity index (χ1n) is 8.59. The van der Waals surface area contributed by atoms with E-state index in [0.29, 0.717) is 48.9 Å². The van der Waals surface area contributed by atoms with Crippen molar-refractivity contribution in [3.05, 3.63) is 23.8 Å². The molecule has 0 saturated carbocycles. The third kappa shape index (κ3) is 2.79. The Morgan fingerprint density at radius 2 is 2.23 bits per heavy atom. The van der Waals surface area contributed by atoms with E-state index in [4.69, 9.17) is 4.63 Å². The van der Waals surface area contributed by atoms with Gasteiger partial charge >= 0.3 is 0 Å². The highest BCUT2D eigenvalue weighted by atomic mass is 16.6. The van der Waals surface area contributed by atoms with E-state index in [0.717, 1.165) is 0 Å². The van der Waals surface area contributed by atoms with Gasteiger partial charge in [-0.25, -0.2) is 4.63 Å².